The van der Waals surface area contributed by atoms with E-state index in [-0.39, 0.29) is 0 Å². The Morgan fingerprint density at radius 2 is 2.05 bits per heavy atom. The van der Waals surface area contributed by atoms with Gasteiger partial charge in [0.15, 0.2) is 0 Å². The van der Waals surface area contributed by atoms with Crippen molar-refractivity contribution in [3.05, 3.63) is 22.3 Å². The number of aromatic nitrogens is 1. The lowest BCUT2D eigenvalue weighted by Gasteiger charge is -2.32. The Hall–Kier alpha value is -0.650. The van der Waals surface area contributed by atoms with E-state index in [1.165, 1.54) is 38.8 Å². The summed E-state index contributed by atoms with van der Waals surface area (Å²) in [6, 6.07) is 2.79. The Balaban J connectivity index is 1.70. The standard InChI is InChI=1S/C15H23BrN4/c16-13-8-12(9-17)15(18-10-13)20-7-4-14(11-20)19-5-2-1-3-6-19/h8,10,14H,1-7,9,11,17H2. The molecule has 1 unspecified atom stereocenters. The molecule has 1 atom stereocenters. The molecule has 1 aromatic rings. The minimum absolute atomic E-state index is 0.548. The third-order valence-corrected chi connectivity index (χ3v) is 4.93. The van der Waals surface area contributed by atoms with Crippen LogP contribution in [0.2, 0.25) is 0 Å². The van der Waals surface area contributed by atoms with Crippen LogP contribution in [0.1, 0.15) is 31.2 Å². The molecule has 0 saturated carbocycles. The highest BCUT2D eigenvalue weighted by Crippen LogP contribution is 2.27. The molecule has 2 aliphatic heterocycles. The SMILES string of the molecule is NCc1cc(Br)cnc1N1CCC(N2CCCCC2)C1. The first kappa shape index (κ1) is 14.3. The van der Waals surface area contributed by atoms with Gasteiger partial charge in [0.1, 0.15) is 5.82 Å². The van der Waals surface area contributed by atoms with Crippen molar-refractivity contribution >= 4 is 21.7 Å². The van der Waals surface area contributed by atoms with E-state index in [2.05, 4.69) is 36.8 Å². The fraction of sp³-hybridized carbons (Fsp3) is 0.667. The molecule has 20 heavy (non-hydrogen) atoms. The van der Waals surface area contributed by atoms with E-state index >= 15 is 0 Å². The zero-order valence-electron chi connectivity index (χ0n) is 11.9. The molecule has 3 heterocycles. The van der Waals surface area contributed by atoms with Crippen molar-refractivity contribution in [1.29, 1.82) is 0 Å². The number of hydrogen-bond donors (Lipinski definition) is 1. The molecule has 5 heteroatoms. The van der Waals surface area contributed by atoms with Gasteiger partial charge in [0.05, 0.1) is 0 Å². The first-order valence-electron chi connectivity index (χ1n) is 7.61. The van der Waals surface area contributed by atoms with Gasteiger partial charge >= 0.3 is 0 Å². The van der Waals surface area contributed by atoms with Crippen molar-refractivity contribution in [2.24, 2.45) is 5.73 Å². The van der Waals surface area contributed by atoms with Crippen molar-refractivity contribution in [2.75, 3.05) is 31.1 Å². The summed E-state index contributed by atoms with van der Waals surface area (Å²) in [7, 11) is 0. The highest BCUT2D eigenvalue weighted by atomic mass is 79.9. The van der Waals surface area contributed by atoms with Gasteiger partial charge in [-0.2, -0.15) is 0 Å². The van der Waals surface area contributed by atoms with Crippen LogP contribution in [0.3, 0.4) is 0 Å². The Morgan fingerprint density at radius 3 is 2.80 bits per heavy atom. The lowest BCUT2D eigenvalue weighted by atomic mass is 10.1. The highest BCUT2D eigenvalue weighted by molar-refractivity contribution is 9.10. The number of anilines is 1. The topological polar surface area (TPSA) is 45.4 Å². The number of nitrogens with zero attached hydrogens (tertiary/aromatic N) is 3. The van der Waals surface area contributed by atoms with Gasteiger partial charge in [0.2, 0.25) is 0 Å². The molecule has 0 radical (unpaired) electrons. The van der Waals surface area contributed by atoms with Gasteiger partial charge in [-0.1, -0.05) is 6.42 Å². The molecule has 1 aromatic heterocycles. The van der Waals surface area contributed by atoms with Crippen LogP contribution in [0.25, 0.3) is 0 Å². The summed E-state index contributed by atoms with van der Waals surface area (Å²) in [5.74, 6) is 1.08. The predicted molar refractivity (Wildman–Crippen MR) is 85.9 cm³/mol. The average Bonchev–Trinajstić information content (AvgIpc) is 2.97. The number of halogens is 1. The highest BCUT2D eigenvalue weighted by Gasteiger charge is 2.29. The van der Waals surface area contributed by atoms with E-state index in [1.54, 1.807) is 0 Å². The second-order valence-corrected chi connectivity index (χ2v) is 6.74. The maximum Gasteiger partial charge on any atom is 0.133 e. The van der Waals surface area contributed by atoms with Crippen LogP contribution in [0, 0.1) is 0 Å². The molecule has 2 fully saturated rings. The Kier molecular flexibility index (Phi) is 4.58. The lowest BCUT2D eigenvalue weighted by molar-refractivity contribution is 0.175. The fourth-order valence-electron chi connectivity index (χ4n) is 3.42. The molecule has 0 bridgehead atoms. The number of piperidine rings is 1. The van der Waals surface area contributed by atoms with Crippen molar-refractivity contribution < 1.29 is 0 Å². The summed E-state index contributed by atoms with van der Waals surface area (Å²) >= 11 is 3.48. The Labute approximate surface area is 129 Å². The fourth-order valence-corrected chi connectivity index (χ4v) is 3.80. The first-order valence-corrected chi connectivity index (χ1v) is 8.40. The van der Waals surface area contributed by atoms with E-state index in [4.69, 9.17) is 5.73 Å². The summed E-state index contributed by atoms with van der Waals surface area (Å²) < 4.78 is 1.01. The van der Waals surface area contributed by atoms with E-state index in [1.807, 2.05) is 6.20 Å². The molecule has 110 valence electrons. The summed E-state index contributed by atoms with van der Waals surface area (Å²) in [6.07, 6.45) is 7.26. The van der Waals surface area contributed by atoms with Crippen LogP contribution in [0.5, 0.6) is 0 Å². The summed E-state index contributed by atoms with van der Waals surface area (Å²) in [6.45, 7) is 5.29. The maximum absolute atomic E-state index is 5.87. The molecular formula is C15H23BrN4. The van der Waals surface area contributed by atoms with Crippen molar-refractivity contribution in [1.82, 2.24) is 9.88 Å². The normalized spacial score (nSPS) is 24.3. The van der Waals surface area contributed by atoms with Crippen molar-refractivity contribution in [2.45, 2.75) is 38.3 Å². The average molecular weight is 339 g/mol. The van der Waals surface area contributed by atoms with Crippen LogP contribution in [-0.4, -0.2) is 42.1 Å². The van der Waals surface area contributed by atoms with Gasteiger partial charge in [0, 0.05) is 41.9 Å². The van der Waals surface area contributed by atoms with Gasteiger partial charge in [-0.05, 0) is 54.3 Å². The lowest BCUT2D eigenvalue weighted by Crippen LogP contribution is -2.41. The van der Waals surface area contributed by atoms with Gasteiger partial charge in [0.25, 0.3) is 0 Å². The van der Waals surface area contributed by atoms with Crippen LogP contribution < -0.4 is 10.6 Å². The third kappa shape index (κ3) is 3.00. The first-order chi connectivity index (χ1) is 9.78. The van der Waals surface area contributed by atoms with E-state index < -0.39 is 0 Å². The number of rotatable bonds is 3. The molecule has 0 aromatic carbocycles. The monoisotopic (exact) mass is 338 g/mol. The second-order valence-electron chi connectivity index (χ2n) is 5.83. The smallest absolute Gasteiger partial charge is 0.133 e. The molecule has 0 amide bonds. The quantitative estimate of drug-likeness (QED) is 0.918. The molecule has 0 spiro atoms. The molecular weight excluding hydrogens is 316 g/mol. The van der Waals surface area contributed by atoms with Gasteiger partial charge in [-0.25, -0.2) is 4.98 Å². The van der Waals surface area contributed by atoms with Gasteiger partial charge in [-0.15, -0.1) is 0 Å². The van der Waals surface area contributed by atoms with Gasteiger partial charge in [-0.3, -0.25) is 4.90 Å². The molecule has 2 saturated heterocycles. The maximum atomic E-state index is 5.87. The number of likely N-dealkylation sites (tertiary alicyclic amines) is 1. The van der Waals surface area contributed by atoms with Crippen LogP contribution >= 0.6 is 15.9 Å². The van der Waals surface area contributed by atoms with Crippen LogP contribution in [0.15, 0.2) is 16.7 Å². The molecule has 0 aliphatic carbocycles. The largest absolute Gasteiger partial charge is 0.355 e. The second kappa shape index (κ2) is 6.41. The number of pyridine rings is 1. The number of nitrogens with two attached hydrogens (primary N) is 1. The Bertz CT molecular complexity index is 459. The summed E-state index contributed by atoms with van der Waals surface area (Å²) in [4.78, 5) is 9.67. The van der Waals surface area contributed by atoms with Crippen molar-refractivity contribution in [3.8, 4) is 0 Å². The van der Waals surface area contributed by atoms with Crippen molar-refractivity contribution in [3.63, 3.8) is 0 Å². The third-order valence-electron chi connectivity index (χ3n) is 4.50. The van der Waals surface area contributed by atoms with E-state index in [0.29, 0.717) is 12.6 Å². The molecule has 2 aliphatic rings. The molecule has 2 N–H and O–H groups in total. The summed E-state index contributed by atoms with van der Waals surface area (Å²) in [5.41, 5.74) is 7.00. The zero-order valence-corrected chi connectivity index (χ0v) is 13.5. The van der Waals surface area contributed by atoms with Crippen LogP contribution in [-0.2, 0) is 6.54 Å². The minimum atomic E-state index is 0.548. The number of hydrogen-bond acceptors (Lipinski definition) is 4. The van der Waals surface area contributed by atoms with E-state index in [9.17, 15) is 0 Å². The van der Waals surface area contributed by atoms with E-state index in [0.717, 1.165) is 28.9 Å². The van der Waals surface area contributed by atoms with Crippen LogP contribution in [0.4, 0.5) is 5.82 Å². The van der Waals surface area contributed by atoms with Gasteiger partial charge < -0.3 is 10.6 Å². The Morgan fingerprint density at radius 1 is 1.25 bits per heavy atom. The molecule has 4 nitrogen and oxygen atoms in total. The molecule has 3 rings (SSSR count). The minimum Gasteiger partial charge on any atom is -0.355 e. The predicted octanol–water partition coefficient (Wildman–Crippen LogP) is 2.37. The summed E-state index contributed by atoms with van der Waals surface area (Å²) in [5, 5.41) is 0. The zero-order chi connectivity index (χ0) is 13.9.